The van der Waals surface area contributed by atoms with Crippen LogP contribution < -0.4 is 5.01 Å². The lowest BCUT2D eigenvalue weighted by atomic mass is 9.76. The topological polar surface area (TPSA) is 80.2 Å². The summed E-state index contributed by atoms with van der Waals surface area (Å²) in [5.41, 5.74) is 1.89. The number of para-hydroxylation sites is 1. The third-order valence-electron chi connectivity index (χ3n) is 4.41. The Balaban J connectivity index is 2.05. The van der Waals surface area contributed by atoms with Crippen molar-refractivity contribution in [2.75, 3.05) is 5.01 Å². The highest BCUT2D eigenvalue weighted by atomic mass is 35.5. The minimum Gasteiger partial charge on any atom is -0.272 e. The van der Waals surface area contributed by atoms with Crippen LogP contribution in [0.1, 0.15) is 18.4 Å². The molecule has 2 aromatic carbocycles. The molecule has 2 atom stereocenters. The van der Waals surface area contributed by atoms with E-state index in [0.29, 0.717) is 22.0 Å². The van der Waals surface area contributed by atoms with Gasteiger partial charge in [-0.3, -0.25) is 4.79 Å². The van der Waals surface area contributed by atoms with E-state index in [1.807, 2.05) is 30.3 Å². The van der Waals surface area contributed by atoms with Crippen LogP contribution in [-0.4, -0.2) is 11.6 Å². The number of nitriles is 2. The first-order valence-corrected chi connectivity index (χ1v) is 8.43. The molecule has 1 amide bonds. The van der Waals surface area contributed by atoms with E-state index >= 15 is 0 Å². The molecule has 128 valence electrons. The van der Waals surface area contributed by atoms with Gasteiger partial charge in [0.2, 0.25) is 0 Å². The quantitative estimate of drug-likeness (QED) is 0.820. The molecule has 0 unspecified atom stereocenters. The highest BCUT2D eigenvalue weighted by Gasteiger charge is 2.44. The Morgan fingerprint density at radius 3 is 2.42 bits per heavy atom. The van der Waals surface area contributed by atoms with Gasteiger partial charge in [-0.25, -0.2) is 5.01 Å². The number of carbonyl (C=O) groups is 1. The molecule has 0 aromatic heterocycles. The predicted molar refractivity (Wildman–Crippen MR) is 99.4 cm³/mol. The molecule has 0 fully saturated rings. The Morgan fingerprint density at radius 2 is 1.81 bits per heavy atom. The van der Waals surface area contributed by atoms with Crippen molar-refractivity contribution in [2.24, 2.45) is 16.9 Å². The Hall–Kier alpha value is -3.15. The number of benzene rings is 2. The van der Waals surface area contributed by atoms with Crippen LogP contribution in [0.2, 0.25) is 5.02 Å². The molecule has 0 radical (unpaired) electrons. The van der Waals surface area contributed by atoms with Gasteiger partial charge in [-0.15, -0.1) is 0 Å². The highest BCUT2D eigenvalue weighted by molar-refractivity contribution is 6.30. The first-order chi connectivity index (χ1) is 12.6. The second-order valence-electron chi connectivity index (χ2n) is 6.02. The molecule has 1 aliphatic rings. The highest BCUT2D eigenvalue weighted by Crippen LogP contribution is 2.39. The van der Waals surface area contributed by atoms with Gasteiger partial charge in [0.15, 0.2) is 0 Å². The maximum atomic E-state index is 13.1. The molecular formula is C20H15ClN4O. The van der Waals surface area contributed by atoms with Crippen LogP contribution in [-0.2, 0) is 4.79 Å². The second kappa shape index (κ2) is 7.39. The van der Waals surface area contributed by atoms with Crippen molar-refractivity contribution in [3.8, 4) is 12.1 Å². The van der Waals surface area contributed by atoms with E-state index in [-0.39, 0.29) is 5.91 Å². The van der Waals surface area contributed by atoms with Gasteiger partial charge < -0.3 is 0 Å². The van der Waals surface area contributed by atoms with Crippen LogP contribution in [0.5, 0.6) is 0 Å². The molecule has 6 heteroatoms. The van der Waals surface area contributed by atoms with E-state index < -0.39 is 17.8 Å². The van der Waals surface area contributed by atoms with Crippen LogP contribution in [0.15, 0.2) is 59.7 Å². The summed E-state index contributed by atoms with van der Waals surface area (Å²) in [6.07, 6.45) is 0. The fourth-order valence-electron chi connectivity index (χ4n) is 3.23. The summed E-state index contributed by atoms with van der Waals surface area (Å²) in [4.78, 5) is 13.1. The zero-order valence-electron chi connectivity index (χ0n) is 14.0. The number of hydrazone groups is 1. The van der Waals surface area contributed by atoms with Gasteiger partial charge >= 0.3 is 0 Å². The molecule has 3 rings (SSSR count). The lowest BCUT2D eigenvalue weighted by Crippen LogP contribution is -2.34. The van der Waals surface area contributed by atoms with E-state index in [1.54, 1.807) is 43.3 Å². The number of nitrogens with zero attached hydrogens (tertiary/aromatic N) is 4. The molecule has 1 aliphatic heterocycles. The normalized spacial score (nSPS) is 17.6. The number of halogens is 1. The van der Waals surface area contributed by atoms with E-state index in [2.05, 4.69) is 5.10 Å². The standard InChI is InChI=1S/C20H15ClN4O/c1-13-18(20(26)25(24-13)17-8-3-2-4-9-17)19(15(11-22)12-23)14-6-5-7-16(21)10-14/h2-10,15,18-19H,1H3/t18-,19-/m1/s1. The second-order valence-corrected chi connectivity index (χ2v) is 6.46. The summed E-state index contributed by atoms with van der Waals surface area (Å²) < 4.78 is 0. The minimum absolute atomic E-state index is 0.255. The Kier molecular flexibility index (Phi) is 5.02. The number of hydrogen-bond donors (Lipinski definition) is 0. The van der Waals surface area contributed by atoms with Gasteiger partial charge in [-0.05, 0) is 36.8 Å². The first kappa shape index (κ1) is 17.7. The molecule has 5 nitrogen and oxygen atoms in total. The Bertz CT molecular complexity index is 928. The molecule has 2 aromatic rings. The van der Waals surface area contributed by atoms with Gasteiger partial charge in [0.25, 0.3) is 5.91 Å². The smallest absolute Gasteiger partial charge is 0.256 e. The molecule has 0 N–H and O–H groups in total. The maximum absolute atomic E-state index is 13.1. The lowest BCUT2D eigenvalue weighted by Gasteiger charge is -2.24. The third-order valence-corrected chi connectivity index (χ3v) is 4.65. The van der Waals surface area contributed by atoms with Crippen LogP contribution in [0.25, 0.3) is 0 Å². The summed E-state index contributed by atoms with van der Waals surface area (Å²) in [7, 11) is 0. The number of hydrogen-bond acceptors (Lipinski definition) is 4. The van der Waals surface area contributed by atoms with Crippen molar-refractivity contribution < 1.29 is 4.79 Å². The number of anilines is 1. The summed E-state index contributed by atoms with van der Waals surface area (Å²) in [5.74, 6) is -2.59. The van der Waals surface area contributed by atoms with E-state index in [9.17, 15) is 15.3 Å². The largest absolute Gasteiger partial charge is 0.272 e. The van der Waals surface area contributed by atoms with Gasteiger partial charge in [-0.1, -0.05) is 41.9 Å². The zero-order valence-corrected chi connectivity index (χ0v) is 14.8. The van der Waals surface area contributed by atoms with Crippen molar-refractivity contribution in [1.82, 2.24) is 0 Å². The molecule has 0 bridgehead atoms. The summed E-state index contributed by atoms with van der Waals surface area (Å²) in [6, 6.07) is 20.0. The SMILES string of the molecule is CC1=NN(c2ccccc2)C(=O)[C@H]1[C@H](c1cccc(Cl)c1)C(C#N)C#N. The monoisotopic (exact) mass is 362 g/mol. The Labute approximate surface area is 156 Å². The molecule has 26 heavy (non-hydrogen) atoms. The average molecular weight is 363 g/mol. The van der Waals surface area contributed by atoms with Crippen molar-refractivity contribution in [1.29, 1.82) is 10.5 Å². The fourth-order valence-corrected chi connectivity index (χ4v) is 3.43. The third kappa shape index (κ3) is 3.18. The minimum atomic E-state index is -0.997. The van der Waals surface area contributed by atoms with E-state index in [4.69, 9.17) is 11.6 Å². The number of amides is 1. The van der Waals surface area contributed by atoms with Gasteiger partial charge in [0, 0.05) is 16.7 Å². The number of carbonyl (C=O) groups excluding carboxylic acids is 1. The molecule has 0 spiro atoms. The molecule has 1 heterocycles. The van der Waals surface area contributed by atoms with Crippen molar-refractivity contribution >= 4 is 28.9 Å². The molecule has 0 saturated carbocycles. The summed E-state index contributed by atoms with van der Waals surface area (Å²) in [5, 5.41) is 25.2. The zero-order chi connectivity index (χ0) is 18.7. The van der Waals surface area contributed by atoms with Crippen LogP contribution in [0.3, 0.4) is 0 Å². The van der Waals surface area contributed by atoms with Gasteiger partial charge in [0.05, 0.1) is 23.7 Å². The maximum Gasteiger partial charge on any atom is 0.256 e. The molecule has 0 saturated heterocycles. The van der Waals surface area contributed by atoms with Crippen molar-refractivity contribution in [3.63, 3.8) is 0 Å². The van der Waals surface area contributed by atoms with Crippen LogP contribution in [0, 0.1) is 34.5 Å². The van der Waals surface area contributed by atoms with Crippen LogP contribution in [0.4, 0.5) is 5.69 Å². The number of rotatable bonds is 4. The average Bonchev–Trinajstić information content (AvgIpc) is 2.95. The van der Waals surface area contributed by atoms with Gasteiger partial charge in [0.1, 0.15) is 5.92 Å². The van der Waals surface area contributed by atoms with Gasteiger partial charge in [-0.2, -0.15) is 15.6 Å². The molecular weight excluding hydrogens is 348 g/mol. The molecule has 0 aliphatic carbocycles. The Morgan fingerprint density at radius 1 is 1.12 bits per heavy atom. The van der Waals surface area contributed by atoms with Crippen LogP contribution >= 0.6 is 11.6 Å². The first-order valence-electron chi connectivity index (χ1n) is 8.05. The lowest BCUT2D eigenvalue weighted by molar-refractivity contribution is -0.120. The fraction of sp³-hybridized carbons (Fsp3) is 0.200. The van der Waals surface area contributed by atoms with Crippen molar-refractivity contribution in [3.05, 3.63) is 65.2 Å². The van der Waals surface area contributed by atoms with E-state index in [1.165, 1.54) is 5.01 Å². The van der Waals surface area contributed by atoms with E-state index in [0.717, 1.165) is 0 Å². The summed E-state index contributed by atoms with van der Waals surface area (Å²) in [6.45, 7) is 1.74. The van der Waals surface area contributed by atoms with Crippen molar-refractivity contribution in [2.45, 2.75) is 12.8 Å². The predicted octanol–water partition coefficient (Wildman–Crippen LogP) is 4.13. The summed E-state index contributed by atoms with van der Waals surface area (Å²) >= 11 is 6.09.